The van der Waals surface area contributed by atoms with Crippen molar-refractivity contribution >= 4 is 30.0 Å². The highest BCUT2D eigenvalue weighted by molar-refractivity contribution is 9.10. The van der Waals surface area contributed by atoms with Crippen molar-refractivity contribution in [3.8, 4) is 0 Å². The normalized spacial score (nSPS) is 13.1. The van der Waals surface area contributed by atoms with Gasteiger partial charge in [0.05, 0.1) is 7.11 Å². The number of halogens is 1. The molecule has 0 heterocycles. The van der Waals surface area contributed by atoms with Gasteiger partial charge in [-0.3, -0.25) is 0 Å². The van der Waals surface area contributed by atoms with Crippen molar-refractivity contribution in [1.82, 2.24) is 0 Å². The molecule has 3 nitrogen and oxygen atoms in total. The number of carbonyl (C=O) groups excluding carboxylic acids is 1. The Morgan fingerprint density at radius 1 is 1.26 bits per heavy atom. The predicted molar refractivity (Wildman–Crippen MR) is 83.0 cm³/mol. The third-order valence-corrected chi connectivity index (χ3v) is 4.96. The number of methoxy groups -OCH3 is 1. The molecule has 0 unspecified atom stereocenters. The fourth-order valence-corrected chi connectivity index (χ4v) is 2.52. The van der Waals surface area contributed by atoms with Crippen LogP contribution in [-0.2, 0) is 14.3 Å². The van der Waals surface area contributed by atoms with Gasteiger partial charge in [-0.05, 0) is 23.7 Å². The molecular weight excluding hydrogens is 324 g/mol. The second-order valence-electron chi connectivity index (χ2n) is 5.64. The predicted octanol–water partition coefficient (Wildman–Crippen LogP) is 4.02. The van der Waals surface area contributed by atoms with E-state index in [-0.39, 0.29) is 5.97 Å². The van der Waals surface area contributed by atoms with E-state index in [1.807, 2.05) is 24.3 Å². The van der Waals surface area contributed by atoms with Gasteiger partial charge in [-0.25, -0.2) is 4.79 Å². The van der Waals surface area contributed by atoms with Crippen LogP contribution >= 0.6 is 15.9 Å². The number of ether oxygens (including phenoxy) is 2. The van der Waals surface area contributed by atoms with Crippen molar-refractivity contribution in [2.45, 2.75) is 31.8 Å². The molecule has 1 aromatic rings. The first-order chi connectivity index (χ1) is 8.83. The number of carbonyl (C=O) groups is 1. The van der Waals surface area contributed by atoms with E-state index in [0.29, 0.717) is 6.61 Å². The number of hydrogen-bond donors (Lipinski definition) is 0. The minimum atomic E-state index is -1.16. The Bertz CT molecular complexity index is 412. The molecule has 106 valence electrons. The molecule has 1 rings (SSSR count). The quantitative estimate of drug-likeness (QED) is 0.577. The van der Waals surface area contributed by atoms with Gasteiger partial charge in [0.2, 0.25) is 0 Å². The second-order valence-corrected chi connectivity index (χ2v) is 12.2. The van der Waals surface area contributed by atoms with Crippen LogP contribution in [-0.4, -0.2) is 27.8 Å². The van der Waals surface area contributed by atoms with Crippen molar-refractivity contribution in [2.75, 3.05) is 13.7 Å². The fraction of sp³-hybridized carbons (Fsp3) is 0.500. The van der Waals surface area contributed by atoms with Gasteiger partial charge in [0, 0.05) is 19.2 Å². The Morgan fingerprint density at radius 2 is 1.84 bits per heavy atom. The molecule has 0 radical (unpaired) electrons. The first-order valence-corrected chi connectivity index (χ1v) is 10.8. The van der Waals surface area contributed by atoms with Crippen LogP contribution in [0.5, 0.6) is 0 Å². The third kappa shape index (κ3) is 5.89. The van der Waals surface area contributed by atoms with Crippen LogP contribution in [0.4, 0.5) is 0 Å². The zero-order valence-electron chi connectivity index (χ0n) is 11.9. The zero-order chi connectivity index (χ0) is 14.5. The number of rotatable bonds is 6. The molecule has 0 saturated heterocycles. The van der Waals surface area contributed by atoms with Crippen LogP contribution in [0.3, 0.4) is 0 Å². The maximum Gasteiger partial charge on any atom is 0.339 e. The highest BCUT2D eigenvalue weighted by Crippen LogP contribution is 2.22. The molecule has 5 heteroatoms. The summed E-state index contributed by atoms with van der Waals surface area (Å²) in [6.45, 7) is 7.43. The van der Waals surface area contributed by atoms with Gasteiger partial charge in [-0.2, -0.15) is 0 Å². The Morgan fingerprint density at radius 3 is 2.32 bits per heavy atom. The average Bonchev–Trinajstić information content (AvgIpc) is 2.34. The summed E-state index contributed by atoms with van der Waals surface area (Å²) in [5.74, 6) is -0.349. The van der Waals surface area contributed by atoms with Gasteiger partial charge >= 0.3 is 5.97 Å². The van der Waals surface area contributed by atoms with E-state index < -0.39 is 14.2 Å². The van der Waals surface area contributed by atoms with Gasteiger partial charge in [0.15, 0.2) is 6.10 Å². The van der Waals surface area contributed by atoms with E-state index in [0.717, 1.165) is 16.1 Å². The van der Waals surface area contributed by atoms with E-state index in [1.165, 1.54) is 7.11 Å². The first-order valence-electron chi connectivity index (χ1n) is 6.28. The maximum atomic E-state index is 11.8. The summed E-state index contributed by atoms with van der Waals surface area (Å²) in [5, 5.41) is 0. The minimum absolute atomic E-state index is 0.349. The van der Waals surface area contributed by atoms with Crippen LogP contribution in [0.25, 0.3) is 0 Å². The molecule has 0 bridgehead atoms. The van der Waals surface area contributed by atoms with Crippen molar-refractivity contribution in [1.29, 1.82) is 0 Å². The van der Waals surface area contributed by atoms with Crippen LogP contribution in [0.15, 0.2) is 28.7 Å². The topological polar surface area (TPSA) is 35.5 Å². The van der Waals surface area contributed by atoms with Crippen molar-refractivity contribution in [3.63, 3.8) is 0 Å². The lowest BCUT2D eigenvalue weighted by Gasteiger charge is -2.20. The Kier molecular flexibility index (Phi) is 6.23. The van der Waals surface area contributed by atoms with Crippen molar-refractivity contribution < 1.29 is 14.3 Å². The lowest BCUT2D eigenvalue weighted by atomic mass is 10.1. The smallest absolute Gasteiger partial charge is 0.339 e. The van der Waals surface area contributed by atoms with E-state index in [2.05, 4.69) is 35.6 Å². The molecule has 0 amide bonds. The molecule has 1 aromatic carbocycles. The van der Waals surface area contributed by atoms with Crippen LogP contribution in [0.2, 0.25) is 25.7 Å². The Hall–Kier alpha value is -0.653. The maximum absolute atomic E-state index is 11.8. The van der Waals surface area contributed by atoms with Crippen LogP contribution < -0.4 is 0 Å². The summed E-state index contributed by atoms with van der Waals surface area (Å²) in [6.07, 6.45) is -0.630. The molecule has 0 aromatic heterocycles. The van der Waals surface area contributed by atoms with E-state index in [4.69, 9.17) is 9.47 Å². The van der Waals surface area contributed by atoms with Gasteiger partial charge in [-0.15, -0.1) is 0 Å². The monoisotopic (exact) mass is 344 g/mol. The summed E-state index contributed by atoms with van der Waals surface area (Å²) in [7, 11) is 0.221. The largest absolute Gasteiger partial charge is 0.467 e. The Labute approximate surface area is 124 Å². The van der Waals surface area contributed by atoms with E-state index in [9.17, 15) is 4.79 Å². The molecular formula is C14H21BrO3Si. The molecule has 0 N–H and O–H groups in total. The molecule has 0 aliphatic heterocycles. The molecule has 0 saturated carbocycles. The van der Waals surface area contributed by atoms with Crippen molar-refractivity contribution in [3.05, 3.63) is 34.3 Å². The van der Waals surface area contributed by atoms with Gasteiger partial charge in [0.25, 0.3) is 0 Å². The molecule has 0 aliphatic rings. The average molecular weight is 345 g/mol. The van der Waals surface area contributed by atoms with E-state index >= 15 is 0 Å². The van der Waals surface area contributed by atoms with Crippen molar-refractivity contribution in [2.24, 2.45) is 0 Å². The lowest BCUT2D eigenvalue weighted by molar-refractivity contribution is -0.154. The summed E-state index contributed by atoms with van der Waals surface area (Å²) >= 11 is 3.38. The minimum Gasteiger partial charge on any atom is -0.467 e. The zero-order valence-corrected chi connectivity index (χ0v) is 14.5. The van der Waals surface area contributed by atoms with Gasteiger partial charge in [-0.1, -0.05) is 47.7 Å². The summed E-state index contributed by atoms with van der Waals surface area (Å²) in [5.41, 5.74) is 0.825. The molecule has 19 heavy (non-hydrogen) atoms. The molecule has 0 fully saturated rings. The number of hydrogen-bond acceptors (Lipinski definition) is 3. The highest BCUT2D eigenvalue weighted by atomic mass is 79.9. The summed E-state index contributed by atoms with van der Waals surface area (Å²) < 4.78 is 11.5. The summed E-state index contributed by atoms with van der Waals surface area (Å²) in [6, 6.07) is 8.57. The van der Waals surface area contributed by atoms with Crippen LogP contribution in [0, 0.1) is 0 Å². The summed E-state index contributed by atoms with van der Waals surface area (Å²) in [4.78, 5) is 11.8. The van der Waals surface area contributed by atoms with Gasteiger partial charge in [0.1, 0.15) is 0 Å². The second kappa shape index (κ2) is 7.22. The van der Waals surface area contributed by atoms with E-state index in [1.54, 1.807) is 0 Å². The standard InChI is InChI=1S/C14H21BrO3Si/c1-17-14(16)13(18-9-10-19(2,3)4)11-5-7-12(15)8-6-11/h5-8,13H,9-10H2,1-4H3/t13-/m1/s1. The molecule has 0 spiro atoms. The molecule has 1 atom stereocenters. The lowest BCUT2D eigenvalue weighted by Crippen LogP contribution is -2.24. The van der Waals surface area contributed by atoms with Crippen LogP contribution in [0.1, 0.15) is 11.7 Å². The van der Waals surface area contributed by atoms with Gasteiger partial charge < -0.3 is 9.47 Å². The number of esters is 1. The third-order valence-electron chi connectivity index (χ3n) is 2.72. The SMILES string of the molecule is COC(=O)[C@H](OCC[Si](C)(C)C)c1ccc(Br)cc1. The fourth-order valence-electron chi connectivity index (χ4n) is 1.53. The Balaban J connectivity index is 2.73. The number of benzene rings is 1. The molecule has 0 aliphatic carbocycles. The first kappa shape index (κ1) is 16.4. The highest BCUT2D eigenvalue weighted by Gasteiger charge is 2.23.